The van der Waals surface area contributed by atoms with Crippen LogP contribution in [0.3, 0.4) is 0 Å². The molecule has 0 aromatic carbocycles. The van der Waals surface area contributed by atoms with E-state index in [2.05, 4.69) is 10.2 Å². The van der Waals surface area contributed by atoms with Gasteiger partial charge in [-0.05, 0) is 30.2 Å². The summed E-state index contributed by atoms with van der Waals surface area (Å²) in [5.41, 5.74) is 0. The number of hydrogen-bond acceptors (Lipinski definition) is 4. The molecule has 2 nitrogen and oxygen atoms in total. The summed E-state index contributed by atoms with van der Waals surface area (Å²) < 4.78 is 0.563. The number of thioether (sulfide) groups is 1. The zero-order chi connectivity index (χ0) is 7.68. The molecule has 1 aliphatic heterocycles. The highest BCUT2D eigenvalue weighted by Crippen LogP contribution is 2.41. The molecule has 60 valence electrons. The van der Waals surface area contributed by atoms with E-state index >= 15 is 0 Å². The van der Waals surface area contributed by atoms with Crippen molar-refractivity contribution in [2.75, 3.05) is 5.75 Å². The fourth-order valence-electron chi connectivity index (χ4n) is 1.12. The lowest BCUT2D eigenvalue weighted by molar-refractivity contribution is 0.809. The third kappa shape index (κ3) is 1.68. The van der Waals surface area contributed by atoms with Crippen molar-refractivity contribution in [2.24, 2.45) is 0 Å². The van der Waals surface area contributed by atoms with Crippen molar-refractivity contribution in [3.05, 3.63) is 9.47 Å². The lowest BCUT2D eigenvalue weighted by Crippen LogP contribution is -1.85. The summed E-state index contributed by atoms with van der Waals surface area (Å²) in [6, 6.07) is 0. The number of halogens is 1. The number of hydrogen-bond donors (Lipinski definition) is 0. The van der Waals surface area contributed by atoms with Crippen molar-refractivity contribution in [3.63, 3.8) is 0 Å². The zero-order valence-corrected chi connectivity index (χ0v) is 8.18. The molecule has 0 spiro atoms. The van der Waals surface area contributed by atoms with E-state index in [4.69, 9.17) is 11.6 Å². The summed E-state index contributed by atoms with van der Waals surface area (Å²) in [5.74, 6) is 1.25. The van der Waals surface area contributed by atoms with E-state index in [0.717, 1.165) is 5.01 Å². The highest BCUT2D eigenvalue weighted by molar-refractivity contribution is 7.99. The summed E-state index contributed by atoms with van der Waals surface area (Å²) in [4.78, 5) is 0. The summed E-state index contributed by atoms with van der Waals surface area (Å²) in [7, 11) is 0. The van der Waals surface area contributed by atoms with E-state index in [9.17, 15) is 0 Å². The Kier molecular flexibility index (Phi) is 2.34. The van der Waals surface area contributed by atoms with Crippen LogP contribution in [0.2, 0.25) is 4.47 Å². The Bertz CT molecular complexity index is 244. The van der Waals surface area contributed by atoms with Crippen LogP contribution in [-0.2, 0) is 0 Å². The molecule has 1 aliphatic rings. The Morgan fingerprint density at radius 3 is 2.91 bits per heavy atom. The van der Waals surface area contributed by atoms with E-state index in [1.807, 2.05) is 11.8 Å². The molecule has 0 N–H and O–H groups in total. The first-order valence-corrected chi connectivity index (χ1v) is 5.71. The van der Waals surface area contributed by atoms with Gasteiger partial charge >= 0.3 is 0 Å². The van der Waals surface area contributed by atoms with Crippen LogP contribution in [0.15, 0.2) is 0 Å². The molecule has 1 aromatic rings. The van der Waals surface area contributed by atoms with Gasteiger partial charge in [0.2, 0.25) is 4.47 Å². The lowest BCUT2D eigenvalue weighted by atomic mass is 10.3. The van der Waals surface area contributed by atoms with Gasteiger partial charge in [-0.1, -0.05) is 11.3 Å². The second-order valence-electron chi connectivity index (χ2n) is 2.39. The van der Waals surface area contributed by atoms with Crippen molar-refractivity contribution in [1.29, 1.82) is 0 Å². The third-order valence-corrected chi connectivity index (χ3v) is 4.29. The standard InChI is InChI=1S/C6H7ClN2S2/c7-6-9-8-5(11-6)4-2-1-3-10-4/h4H,1-3H2. The molecular formula is C6H7ClN2S2. The maximum atomic E-state index is 5.67. The van der Waals surface area contributed by atoms with Gasteiger partial charge in [0, 0.05) is 0 Å². The van der Waals surface area contributed by atoms with E-state index in [0.29, 0.717) is 9.72 Å². The van der Waals surface area contributed by atoms with Gasteiger partial charge in [0.05, 0.1) is 5.25 Å². The van der Waals surface area contributed by atoms with Crippen LogP contribution in [0.25, 0.3) is 0 Å². The second-order valence-corrected chi connectivity index (χ2v) is 5.30. The Morgan fingerprint density at radius 2 is 2.36 bits per heavy atom. The van der Waals surface area contributed by atoms with E-state index in [-0.39, 0.29) is 0 Å². The molecule has 0 saturated carbocycles. The summed E-state index contributed by atoms with van der Waals surface area (Å²) in [6.07, 6.45) is 2.53. The Labute approximate surface area is 78.4 Å². The van der Waals surface area contributed by atoms with Crippen LogP contribution in [0.5, 0.6) is 0 Å². The molecule has 0 bridgehead atoms. The zero-order valence-electron chi connectivity index (χ0n) is 5.79. The molecule has 1 saturated heterocycles. The molecule has 1 aromatic heterocycles. The fourth-order valence-corrected chi connectivity index (χ4v) is 3.47. The van der Waals surface area contributed by atoms with Crippen molar-refractivity contribution in [3.8, 4) is 0 Å². The van der Waals surface area contributed by atoms with Gasteiger partial charge in [-0.25, -0.2) is 0 Å². The number of aromatic nitrogens is 2. The Balaban J connectivity index is 2.15. The summed E-state index contributed by atoms with van der Waals surface area (Å²) in [6.45, 7) is 0. The molecular weight excluding hydrogens is 200 g/mol. The minimum absolute atomic E-state index is 0.563. The van der Waals surface area contributed by atoms with Gasteiger partial charge in [-0.2, -0.15) is 11.8 Å². The SMILES string of the molecule is Clc1nnc(C2CCCS2)s1. The third-order valence-electron chi connectivity index (χ3n) is 1.62. The monoisotopic (exact) mass is 206 g/mol. The van der Waals surface area contributed by atoms with Crippen LogP contribution < -0.4 is 0 Å². The van der Waals surface area contributed by atoms with Crippen molar-refractivity contribution < 1.29 is 0 Å². The molecule has 1 atom stereocenters. The highest BCUT2D eigenvalue weighted by atomic mass is 35.5. The molecule has 5 heteroatoms. The first-order valence-electron chi connectivity index (χ1n) is 3.47. The molecule has 2 heterocycles. The average molecular weight is 207 g/mol. The Hall–Kier alpha value is 0.200. The first-order chi connectivity index (χ1) is 5.36. The largest absolute Gasteiger partial charge is 0.207 e. The molecule has 0 amide bonds. The maximum Gasteiger partial charge on any atom is 0.207 e. The Morgan fingerprint density at radius 1 is 1.45 bits per heavy atom. The van der Waals surface area contributed by atoms with Crippen LogP contribution in [0.4, 0.5) is 0 Å². The molecule has 2 rings (SSSR count). The fraction of sp³-hybridized carbons (Fsp3) is 0.667. The van der Waals surface area contributed by atoms with Gasteiger partial charge in [0.1, 0.15) is 5.01 Å². The second kappa shape index (κ2) is 3.29. The predicted octanol–water partition coefficient (Wildman–Crippen LogP) is 2.76. The lowest BCUT2D eigenvalue weighted by Gasteiger charge is -1.99. The quantitative estimate of drug-likeness (QED) is 0.707. The van der Waals surface area contributed by atoms with Crippen LogP contribution in [0, 0.1) is 0 Å². The van der Waals surface area contributed by atoms with Gasteiger partial charge < -0.3 is 0 Å². The number of rotatable bonds is 1. The molecule has 0 aliphatic carbocycles. The summed E-state index contributed by atoms with van der Waals surface area (Å²) >= 11 is 9.14. The first kappa shape index (κ1) is 7.83. The minimum Gasteiger partial charge on any atom is -0.151 e. The predicted molar refractivity (Wildman–Crippen MR) is 49.4 cm³/mol. The van der Waals surface area contributed by atoms with Gasteiger partial charge in [-0.3, -0.25) is 0 Å². The highest BCUT2D eigenvalue weighted by Gasteiger charge is 2.21. The van der Waals surface area contributed by atoms with Crippen LogP contribution in [0.1, 0.15) is 23.1 Å². The molecule has 1 fully saturated rings. The van der Waals surface area contributed by atoms with Crippen LogP contribution in [-0.4, -0.2) is 16.0 Å². The summed E-state index contributed by atoms with van der Waals surface area (Å²) in [5, 5.41) is 9.46. The van der Waals surface area contributed by atoms with Crippen molar-refractivity contribution in [2.45, 2.75) is 18.1 Å². The maximum absolute atomic E-state index is 5.67. The van der Waals surface area contributed by atoms with Gasteiger partial charge in [-0.15, -0.1) is 10.2 Å². The molecule has 0 radical (unpaired) electrons. The van der Waals surface area contributed by atoms with E-state index in [1.54, 1.807) is 0 Å². The topological polar surface area (TPSA) is 25.8 Å². The van der Waals surface area contributed by atoms with Gasteiger partial charge in [0.15, 0.2) is 0 Å². The minimum atomic E-state index is 0.563. The number of nitrogens with zero attached hydrogens (tertiary/aromatic N) is 2. The normalized spacial score (nSPS) is 24.3. The van der Waals surface area contributed by atoms with E-state index < -0.39 is 0 Å². The van der Waals surface area contributed by atoms with Crippen LogP contribution >= 0.6 is 34.7 Å². The molecule has 11 heavy (non-hydrogen) atoms. The van der Waals surface area contributed by atoms with E-state index in [1.165, 1.54) is 29.9 Å². The van der Waals surface area contributed by atoms with Crippen molar-refractivity contribution >= 4 is 34.7 Å². The van der Waals surface area contributed by atoms with Crippen molar-refractivity contribution in [1.82, 2.24) is 10.2 Å². The average Bonchev–Trinajstić information content (AvgIpc) is 2.55. The smallest absolute Gasteiger partial charge is 0.151 e. The van der Waals surface area contributed by atoms with Gasteiger partial charge in [0.25, 0.3) is 0 Å². The molecule has 1 unspecified atom stereocenters.